The Balaban J connectivity index is 3.30. The molecule has 1 aromatic rings. The van der Waals surface area contributed by atoms with E-state index < -0.39 is 0 Å². The van der Waals surface area contributed by atoms with Crippen molar-refractivity contribution in [2.24, 2.45) is 0 Å². The van der Waals surface area contributed by atoms with E-state index in [0.717, 1.165) is 11.1 Å². The minimum atomic E-state index is -0.284. The van der Waals surface area contributed by atoms with Gasteiger partial charge >= 0.3 is 0 Å². The van der Waals surface area contributed by atoms with Crippen molar-refractivity contribution in [2.45, 2.75) is 20.8 Å². The first-order valence-electron chi connectivity index (χ1n) is 4.55. The molecule has 2 heteroatoms. The largest absolute Gasteiger partial charge is 0.494 e. The zero-order chi connectivity index (χ0) is 10.7. The van der Waals surface area contributed by atoms with Gasteiger partial charge in [-0.05, 0) is 32.4 Å². The lowest BCUT2D eigenvalue weighted by atomic mass is 10.0. The third kappa shape index (κ3) is 1.95. The highest BCUT2D eigenvalue weighted by Crippen LogP contribution is 2.26. The summed E-state index contributed by atoms with van der Waals surface area (Å²) in [5, 5.41) is 0. The van der Waals surface area contributed by atoms with Crippen molar-refractivity contribution in [3.8, 4) is 5.75 Å². The first-order valence-corrected chi connectivity index (χ1v) is 4.55. The lowest BCUT2D eigenvalue weighted by molar-refractivity contribution is 0.386. The van der Waals surface area contributed by atoms with Crippen LogP contribution in [0.2, 0.25) is 0 Å². The molecule has 0 amide bonds. The van der Waals surface area contributed by atoms with Crippen LogP contribution in [0, 0.1) is 5.82 Å². The van der Waals surface area contributed by atoms with Crippen molar-refractivity contribution in [1.82, 2.24) is 0 Å². The summed E-state index contributed by atoms with van der Waals surface area (Å²) in [5.74, 6) is 0.0109. The topological polar surface area (TPSA) is 9.23 Å². The summed E-state index contributed by atoms with van der Waals surface area (Å²) in [6.45, 7) is 5.84. The highest BCUT2D eigenvalue weighted by Gasteiger charge is 2.09. The number of methoxy groups -OCH3 is 1. The van der Waals surface area contributed by atoms with Crippen molar-refractivity contribution in [2.75, 3.05) is 7.11 Å². The summed E-state index contributed by atoms with van der Waals surface area (Å²) in [6.07, 6.45) is 0. The van der Waals surface area contributed by atoms with Crippen molar-refractivity contribution in [3.05, 3.63) is 35.2 Å². The molecule has 0 radical (unpaired) electrons. The molecule has 0 spiro atoms. The third-order valence-electron chi connectivity index (χ3n) is 2.34. The molecule has 0 saturated heterocycles. The van der Waals surface area contributed by atoms with Crippen molar-refractivity contribution >= 4 is 5.57 Å². The van der Waals surface area contributed by atoms with Crippen LogP contribution in [0.5, 0.6) is 5.75 Å². The molecule has 1 rings (SSSR count). The van der Waals surface area contributed by atoms with Gasteiger partial charge in [0.25, 0.3) is 0 Å². The van der Waals surface area contributed by atoms with Gasteiger partial charge < -0.3 is 4.74 Å². The Hall–Kier alpha value is -1.31. The maximum atomic E-state index is 13.7. The van der Waals surface area contributed by atoms with Gasteiger partial charge in [-0.1, -0.05) is 17.7 Å². The standard InChI is InChI=1S/C12H15FO/c1-8(2)9(3)10-6-5-7-11(14-4)12(10)13/h5-7H,1-4H3. The van der Waals surface area contributed by atoms with Gasteiger partial charge in [0.1, 0.15) is 0 Å². The second-order valence-corrected chi connectivity index (χ2v) is 3.45. The van der Waals surface area contributed by atoms with E-state index in [0.29, 0.717) is 11.3 Å². The fourth-order valence-electron chi connectivity index (χ4n) is 1.23. The maximum absolute atomic E-state index is 13.7. The van der Waals surface area contributed by atoms with Crippen LogP contribution in [0.15, 0.2) is 23.8 Å². The van der Waals surface area contributed by atoms with Crippen molar-refractivity contribution in [1.29, 1.82) is 0 Å². The van der Waals surface area contributed by atoms with Gasteiger partial charge in [-0.2, -0.15) is 0 Å². The van der Waals surface area contributed by atoms with Crippen LogP contribution < -0.4 is 4.74 Å². The molecule has 0 aliphatic heterocycles. The third-order valence-corrected chi connectivity index (χ3v) is 2.34. The predicted molar refractivity (Wildman–Crippen MR) is 56.9 cm³/mol. The number of allylic oxidation sites excluding steroid dienone is 2. The lowest BCUT2D eigenvalue weighted by Crippen LogP contribution is -1.93. The summed E-state index contributed by atoms with van der Waals surface area (Å²) in [7, 11) is 1.47. The molecule has 0 heterocycles. The average Bonchev–Trinajstić information content (AvgIpc) is 2.17. The van der Waals surface area contributed by atoms with E-state index in [-0.39, 0.29) is 5.82 Å². The van der Waals surface area contributed by atoms with Crippen LogP contribution in [0.1, 0.15) is 26.3 Å². The first kappa shape index (κ1) is 10.8. The number of hydrogen-bond acceptors (Lipinski definition) is 1. The van der Waals surface area contributed by atoms with Crippen LogP contribution in [0.3, 0.4) is 0 Å². The summed E-state index contributed by atoms with van der Waals surface area (Å²) >= 11 is 0. The van der Waals surface area contributed by atoms with Gasteiger partial charge in [-0.25, -0.2) is 4.39 Å². The molecule has 0 bridgehead atoms. The van der Waals surface area contributed by atoms with Gasteiger partial charge in [0.05, 0.1) is 7.11 Å². The van der Waals surface area contributed by atoms with E-state index in [1.165, 1.54) is 7.11 Å². The Bertz CT molecular complexity index is 363. The number of rotatable bonds is 2. The molecule has 14 heavy (non-hydrogen) atoms. The summed E-state index contributed by atoms with van der Waals surface area (Å²) in [4.78, 5) is 0. The Morgan fingerprint density at radius 3 is 2.36 bits per heavy atom. The predicted octanol–water partition coefficient (Wildman–Crippen LogP) is 3.65. The normalized spacial score (nSPS) is 9.79. The van der Waals surface area contributed by atoms with Crippen LogP contribution in [-0.2, 0) is 0 Å². The first-order chi connectivity index (χ1) is 6.57. The molecule has 0 unspecified atom stereocenters. The Morgan fingerprint density at radius 2 is 1.86 bits per heavy atom. The van der Waals surface area contributed by atoms with Gasteiger partial charge in [-0.3, -0.25) is 0 Å². The summed E-state index contributed by atoms with van der Waals surface area (Å²) in [6, 6.07) is 5.18. The molecule has 0 saturated carbocycles. The lowest BCUT2D eigenvalue weighted by Gasteiger charge is -2.08. The zero-order valence-electron chi connectivity index (χ0n) is 9.02. The SMILES string of the molecule is COc1cccc(C(C)=C(C)C)c1F. The molecule has 1 aromatic carbocycles. The quantitative estimate of drug-likeness (QED) is 0.698. The number of halogens is 1. The van der Waals surface area contributed by atoms with Gasteiger partial charge in [0.15, 0.2) is 11.6 Å². The fraction of sp³-hybridized carbons (Fsp3) is 0.333. The second-order valence-electron chi connectivity index (χ2n) is 3.45. The molecular weight excluding hydrogens is 179 g/mol. The number of ether oxygens (including phenoxy) is 1. The van der Waals surface area contributed by atoms with E-state index >= 15 is 0 Å². The highest BCUT2D eigenvalue weighted by atomic mass is 19.1. The molecule has 0 aromatic heterocycles. The Kier molecular flexibility index (Phi) is 3.28. The molecule has 0 atom stereocenters. The molecule has 0 N–H and O–H groups in total. The minimum absolute atomic E-state index is 0.284. The van der Waals surface area contributed by atoms with E-state index in [2.05, 4.69) is 0 Å². The zero-order valence-corrected chi connectivity index (χ0v) is 9.02. The molecule has 0 aliphatic carbocycles. The molecule has 0 aliphatic rings. The highest BCUT2D eigenvalue weighted by molar-refractivity contribution is 5.67. The fourth-order valence-corrected chi connectivity index (χ4v) is 1.23. The number of hydrogen-bond donors (Lipinski definition) is 0. The average molecular weight is 194 g/mol. The Morgan fingerprint density at radius 1 is 1.21 bits per heavy atom. The van der Waals surface area contributed by atoms with E-state index in [9.17, 15) is 4.39 Å². The minimum Gasteiger partial charge on any atom is -0.494 e. The van der Waals surface area contributed by atoms with Crippen LogP contribution in [0.4, 0.5) is 4.39 Å². The van der Waals surface area contributed by atoms with Gasteiger partial charge in [0.2, 0.25) is 0 Å². The molecule has 0 fully saturated rings. The molecular formula is C12H15FO. The summed E-state index contributed by atoms with van der Waals surface area (Å²) in [5.41, 5.74) is 2.68. The molecule has 76 valence electrons. The maximum Gasteiger partial charge on any atom is 0.172 e. The van der Waals surface area contributed by atoms with Gasteiger partial charge in [-0.15, -0.1) is 0 Å². The monoisotopic (exact) mass is 194 g/mol. The van der Waals surface area contributed by atoms with E-state index in [4.69, 9.17) is 4.74 Å². The van der Waals surface area contributed by atoms with Crippen LogP contribution >= 0.6 is 0 Å². The van der Waals surface area contributed by atoms with Crippen molar-refractivity contribution < 1.29 is 9.13 Å². The Labute approximate surface area is 84.2 Å². The second kappa shape index (κ2) is 4.27. The van der Waals surface area contributed by atoms with Gasteiger partial charge in [0, 0.05) is 5.56 Å². The van der Waals surface area contributed by atoms with E-state index in [1.54, 1.807) is 18.2 Å². The van der Waals surface area contributed by atoms with Crippen LogP contribution in [0.25, 0.3) is 5.57 Å². The number of benzene rings is 1. The van der Waals surface area contributed by atoms with Crippen LogP contribution in [-0.4, -0.2) is 7.11 Å². The van der Waals surface area contributed by atoms with E-state index in [1.807, 2.05) is 20.8 Å². The molecule has 1 nitrogen and oxygen atoms in total. The summed E-state index contributed by atoms with van der Waals surface area (Å²) < 4.78 is 18.6. The van der Waals surface area contributed by atoms with Crippen molar-refractivity contribution in [3.63, 3.8) is 0 Å². The smallest absolute Gasteiger partial charge is 0.172 e.